The Morgan fingerprint density at radius 1 is 1.11 bits per heavy atom. The number of pyridine rings is 1. The van der Waals surface area contributed by atoms with Crippen LogP contribution in [-0.4, -0.2) is 4.98 Å². The molecule has 0 fully saturated rings. The third-order valence-electron chi connectivity index (χ3n) is 3.29. The molecule has 1 aliphatic rings. The molecule has 0 saturated heterocycles. The Kier molecular flexibility index (Phi) is 3.08. The van der Waals surface area contributed by atoms with E-state index in [0.29, 0.717) is 5.88 Å². The van der Waals surface area contributed by atoms with Crippen molar-refractivity contribution in [3.8, 4) is 11.6 Å². The fourth-order valence-electron chi connectivity index (χ4n) is 2.31. The van der Waals surface area contributed by atoms with Crippen LogP contribution in [0.3, 0.4) is 0 Å². The normalized spacial score (nSPS) is 13.4. The molecule has 92 valence electrons. The zero-order chi connectivity index (χ0) is 12.5. The molecule has 0 radical (unpaired) electrons. The van der Waals surface area contributed by atoms with Crippen LogP contribution in [0.2, 0.25) is 0 Å². The van der Waals surface area contributed by atoms with Crippen molar-refractivity contribution in [1.29, 1.82) is 0 Å². The predicted octanol–water partition coefficient (Wildman–Crippen LogP) is 4.43. The number of benzene rings is 1. The molecule has 0 aliphatic heterocycles. The number of rotatable bonds is 2. The molecular formula is C15H14BrNO. The fraction of sp³-hybridized carbons (Fsp3) is 0.267. The van der Waals surface area contributed by atoms with Gasteiger partial charge in [0.15, 0.2) is 0 Å². The monoisotopic (exact) mass is 303 g/mol. The highest BCUT2D eigenvalue weighted by molar-refractivity contribution is 9.10. The summed E-state index contributed by atoms with van der Waals surface area (Å²) in [7, 11) is 0. The molecule has 0 atom stereocenters. The first kappa shape index (κ1) is 11.7. The van der Waals surface area contributed by atoms with Crippen LogP contribution < -0.4 is 4.74 Å². The topological polar surface area (TPSA) is 22.1 Å². The van der Waals surface area contributed by atoms with E-state index in [0.717, 1.165) is 15.9 Å². The van der Waals surface area contributed by atoms with E-state index in [9.17, 15) is 0 Å². The van der Waals surface area contributed by atoms with Gasteiger partial charge < -0.3 is 4.74 Å². The van der Waals surface area contributed by atoms with E-state index in [1.807, 2.05) is 25.1 Å². The second kappa shape index (κ2) is 4.73. The average molecular weight is 304 g/mol. The molecular weight excluding hydrogens is 290 g/mol. The number of aromatic nitrogens is 1. The molecule has 1 aliphatic carbocycles. The van der Waals surface area contributed by atoms with Crippen LogP contribution in [0.4, 0.5) is 0 Å². The van der Waals surface area contributed by atoms with Gasteiger partial charge in [-0.15, -0.1) is 0 Å². The minimum absolute atomic E-state index is 0.647. The van der Waals surface area contributed by atoms with Crippen LogP contribution in [0.15, 0.2) is 34.8 Å². The average Bonchev–Trinajstić information content (AvgIpc) is 2.81. The fourth-order valence-corrected chi connectivity index (χ4v) is 2.53. The third-order valence-corrected chi connectivity index (χ3v) is 4.13. The van der Waals surface area contributed by atoms with Crippen molar-refractivity contribution in [2.24, 2.45) is 0 Å². The standard InChI is InChI=1S/C15H14BrNO/c1-10-14(16)7-8-15(17-10)18-13-6-5-11-3-2-4-12(11)9-13/h5-9H,2-4H2,1H3. The molecule has 3 heteroatoms. The highest BCUT2D eigenvalue weighted by atomic mass is 79.9. The first-order valence-electron chi connectivity index (χ1n) is 6.15. The summed E-state index contributed by atoms with van der Waals surface area (Å²) in [4.78, 5) is 4.39. The number of nitrogens with zero attached hydrogens (tertiary/aromatic N) is 1. The summed E-state index contributed by atoms with van der Waals surface area (Å²) >= 11 is 3.44. The molecule has 1 aromatic heterocycles. The van der Waals surface area contributed by atoms with Gasteiger partial charge in [-0.3, -0.25) is 0 Å². The van der Waals surface area contributed by atoms with E-state index in [1.54, 1.807) is 0 Å². The minimum Gasteiger partial charge on any atom is -0.439 e. The lowest BCUT2D eigenvalue weighted by atomic mass is 10.1. The van der Waals surface area contributed by atoms with E-state index in [2.05, 4.69) is 33.0 Å². The number of aryl methyl sites for hydroxylation is 3. The Bertz CT molecular complexity index is 595. The van der Waals surface area contributed by atoms with E-state index in [4.69, 9.17) is 4.74 Å². The zero-order valence-corrected chi connectivity index (χ0v) is 11.8. The lowest BCUT2D eigenvalue weighted by Crippen LogP contribution is -1.92. The Labute approximate surface area is 115 Å². The predicted molar refractivity (Wildman–Crippen MR) is 75.2 cm³/mol. The van der Waals surface area contributed by atoms with Gasteiger partial charge in [0.2, 0.25) is 5.88 Å². The van der Waals surface area contributed by atoms with Crippen molar-refractivity contribution in [2.75, 3.05) is 0 Å². The van der Waals surface area contributed by atoms with Crippen LogP contribution in [0.1, 0.15) is 23.2 Å². The van der Waals surface area contributed by atoms with E-state index in [-0.39, 0.29) is 0 Å². The van der Waals surface area contributed by atoms with Gasteiger partial charge >= 0.3 is 0 Å². The van der Waals surface area contributed by atoms with Crippen LogP contribution in [0.25, 0.3) is 0 Å². The van der Waals surface area contributed by atoms with Crippen molar-refractivity contribution in [3.05, 3.63) is 51.6 Å². The Morgan fingerprint density at radius 2 is 1.94 bits per heavy atom. The van der Waals surface area contributed by atoms with Gasteiger partial charge in [0.1, 0.15) is 5.75 Å². The van der Waals surface area contributed by atoms with E-state index < -0.39 is 0 Å². The van der Waals surface area contributed by atoms with Crippen LogP contribution in [0.5, 0.6) is 11.6 Å². The number of hydrogen-bond donors (Lipinski definition) is 0. The molecule has 2 aromatic rings. The van der Waals surface area contributed by atoms with Crippen LogP contribution in [0, 0.1) is 6.92 Å². The van der Waals surface area contributed by atoms with Crippen LogP contribution in [-0.2, 0) is 12.8 Å². The molecule has 1 aromatic carbocycles. The van der Waals surface area contributed by atoms with Gasteiger partial charge in [-0.05, 0) is 71.4 Å². The SMILES string of the molecule is Cc1nc(Oc2ccc3c(c2)CCC3)ccc1Br. The number of hydrogen-bond acceptors (Lipinski definition) is 2. The molecule has 2 nitrogen and oxygen atoms in total. The summed E-state index contributed by atoms with van der Waals surface area (Å²) in [6.07, 6.45) is 3.62. The van der Waals surface area contributed by atoms with Crippen molar-refractivity contribution < 1.29 is 4.74 Å². The maximum Gasteiger partial charge on any atom is 0.219 e. The van der Waals surface area contributed by atoms with Crippen molar-refractivity contribution in [1.82, 2.24) is 4.98 Å². The first-order valence-corrected chi connectivity index (χ1v) is 6.94. The molecule has 3 rings (SSSR count). The lowest BCUT2D eigenvalue weighted by molar-refractivity contribution is 0.461. The van der Waals surface area contributed by atoms with E-state index >= 15 is 0 Å². The van der Waals surface area contributed by atoms with Gasteiger partial charge in [-0.25, -0.2) is 4.98 Å². The van der Waals surface area contributed by atoms with Crippen molar-refractivity contribution in [3.63, 3.8) is 0 Å². The van der Waals surface area contributed by atoms with Crippen LogP contribution >= 0.6 is 15.9 Å². The Balaban J connectivity index is 1.85. The zero-order valence-electron chi connectivity index (χ0n) is 10.2. The highest BCUT2D eigenvalue weighted by Gasteiger charge is 2.11. The van der Waals surface area contributed by atoms with Gasteiger partial charge in [0.05, 0.1) is 5.69 Å². The summed E-state index contributed by atoms with van der Waals surface area (Å²) in [6, 6.07) is 10.2. The Hall–Kier alpha value is -1.35. The number of halogens is 1. The van der Waals surface area contributed by atoms with Crippen molar-refractivity contribution >= 4 is 15.9 Å². The summed E-state index contributed by atoms with van der Waals surface area (Å²) in [5, 5.41) is 0. The first-order chi connectivity index (χ1) is 8.72. The molecule has 0 bridgehead atoms. The van der Waals surface area contributed by atoms with Gasteiger partial charge in [-0.2, -0.15) is 0 Å². The van der Waals surface area contributed by atoms with Gasteiger partial charge in [0.25, 0.3) is 0 Å². The molecule has 0 N–H and O–H groups in total. The molecule has 0 saturated carbocycles. The molecule has 0 unspecified atom stereocenters. The quantitative estimate of drug-likeness (QED) is 0.818. The third kappa shape index (κ3) is 2.27. The molecule has 0 spiro atoms. The van der Waals surface area contributed by atoms with E-state index in [1.165, 1.54) is 30.4 Å². The minimum atomic E-state index is 0.647. The lowest BCUT2D eigenvalue weighted by Gasteiger charge is -2.08. The van der Waals surface area contributed by atoms with Gasteiger partial charge in [0, 0.05) is 10.5 Å². The number of ether oxygens (including phenoxy) is 1. The second-order valence-corrected chi connectivity index (χ2v) is 5.46. The largest absolute Gasteiger partial charge is 0.439 e. The second-order valence-electron chi connectivity index (χ2n) is 4.60. The molecule has 1 heterocycles. The number of fused-ring (bicyclic) bond motifs is 1. The Morgan fingerprint density at radius 3 is 2.78 bits per heavy atom. The smallest absolute Gasteiger partial charge is 0.219 e. The highest BCUT2D eigenvalue weighted by Crippen LogP contribution is 2.29. The summed E-state index contributed by atoms with van der Waals surface area (Å²) in [5.41, 5.74) is 3.82. The summed E-state index contributed by atoms with van der Waals surface area (Å²) < 4.78 is 6.81. The summed E-state index contributed by atoms with van der Waals surface area (Å²) in [5.74, 6) is 1.53. The van der Waals surface area contributed by atoms with Gasteiger partial charge in [-0.1, -0.05) is 6.07 Å². The molecule has 18 heavy (non-hydrogen) atoms. The summed E-state index contributed by atoms with van der Waals surface area (Å²) in [6.45, 7) is 1.96. The maximum atomic E-state index is 5.81. The van der Waals surface area contributed by atoms with Crippen molar-refractivity contribution in [2.45, 2.75) is 26.2 Å². The molecule has 0 amide bonds. The maximum absolute atomic E-state index is 5.81.